The summed E-state index contributed by atoms with van der Waals surface area (Å²) in [5.74, 6) is 0. The third-order valence-electron chi connectivity index (χ3n) is 3.20. The van der Waals surface area contributed by atoms with E-state index in [9.17, 15) is 9.32 Å². The van der Waals surface area contributed by atoms with Gasteiger partial charge in [-0.1, -0.05) is 26.0 Å². The molecule has 0 bridgehead atoms. The molecule has 21 heavy (non-hydrogen) atoms. The Hall–Kier alpha value is -1.59. The van der Waals surface area contributed by atoms with Crippen LogP contribution in [0.1, 0.15) is 38.3 Å². The Morgan fingerprint density at radius 3 is 2.29 bits per heavy atom. The largest absolute Gasteiger partial charge is 0.387 e. The van der Waals surface area contributed by atoms with Gasteiger partial charge in [0, 0.05) is 15.7 Å². The van der Waals surface area contributed by atoms with E-state index in [1.807, 2.05) is 45.0 Å². The molecular formula is C16H20N2O2S. The molecule has 0 fully saturated rings. The first-order valence-electron chi connectivity index (χ1n) is 6.92. The van der Waals surface area contributed by atoms with Gasteiger partial charge in [-0.2, -0.15) is 0 Å². The lowest BCUT2D eigenvalue weighted by Gasteiger charge is -2.10. The van der Waals surface area contributed by atoms with Crippen molar-refractivity contribution >= 4 is 10.8 Å². The average Bonchev–Trinajstić information content (AvgIpc) is 2.46. The fraction of sp³-hybridized carbons (Fsp3) is 0.375. The number of aliphatic hydroxyl groups excluding tert-OH is 1. The zero-order valence-electron chi connectivity index (χ0n) is 12.7. The van der Waals surface area contributed by atoms with Crippen molar-refractivity contribution in [1.82, 2.24) is 9.97 Å². The normalized spacial score (nSPS) is 14.2. The van der Waals surface area contributed by atoms with E-state index in [4.69, 9.17) is 0 Å². The van der Waals surface area contributed by atoms with Crippen molar-refractivity contribution in [3.63, 3.8) is 0 Å². The molecule has 0 amide bonds. The second-order valence-corrected chi connectivity index (χ2v) is 7.28. The van der Waals surface area contributed by atoms with Crippen molar-refractivity contribution in [2.75, 3.05) is 0 Å². The monoisotopic (exact) mass is 304 g/mol. The summed E-state index contributed by atoms with van der Waals surface area (Å²) in [6.07, 6.45) is 1.04. The molecule has 2 unspecified atom stereocenters. The summed E-state index contributed by atoms with van der Waals surface area (Å²) in [5, 5.41) is 9.81. The molecule has 0 spiro atoms. The van der Waals surface area contributed by atoms with Crippen molar-refractivity contribution in [2.24, 2.45) is 0 Å². The van der Waals surface area contributed by atoms with E-state index < -0.39 is 16.9 Å². The molecule has 0 aliphatic carbocycles. The average molecular weight is 304 g/mol. The lowest BCUT2D eigenvalue weighted by atomic mass is 10.1. The Balaban J connectivity index is 2.35. The Labute approximate surface area is 127 Å². The van der Waals surface area contributed by atoms with Crippen molar-refractivity contribution in [3.8, 4) is 11.3 Å². The molecule has 0 aliphatic rings. The van der Waals surface area contributed by atoms with E-state index in [1.54, 1.807) is 13.1 Å². The van der Waals surface area contributed by atoms with Crippen LogP contribution in [0.15, 0.2) is 35.4 Å². The van der Waals surface area contributed by atoms with Crippen LogP contribution in [-0.2, 0) is 10.8 Å². The number of aryl methyl sites for hydroxylation is 1. The number of benzene rings is 1. The number of hydrogen-bond donors (Lipinski definition) is 1. The predicted molar refractivity (Wildman–Crippen MR) is 84.4 cm³/mol. The van der Waals surface area contributed by atoms with E-state index in [0.717, 1.165) is 16.2 Å². The molecule has 2 atom stereocenters. The van der Waals surface area contributed by atoms with Crippen molar-refractivity contribution in [3.05, 3.63) is 41.9 Å². The molecule has 2 rings (SSSR count). The minimum absolute atomic E-state index is 0.0943. The first kappa shape index (κ1) is 15.8. The highest BCUT2D eigenvalue weighted by Gasteiger charge is 2.12. The molecule has 2 aromatic rings. The van der Waals surface area contributed by atoms with E-state index in [-0.39, 0.29) is 5.25 Å². The minimum atomic E-state index is -0.991. The Morgan fingerprint density at radius 1 is 1.14 bits per heavy atom. The van der Waals surface area contributed by atoms with Gasteiger partial charge in [0.05, 0.1) is 40.2 Å². The van der Waals surface area contributed by atoms with E-state index >= 15 is 0 Å². The van der Waals surface area contributed by atoms with Gasteiger partial charge in [0.2, 0.25) is 0 Å². The summed E-state index contributed by atoms with van der Waals surface area (Å²) in [6, 6.07) is 7.49. The number of nitrogens with zero attached hydrogens (tertiary/aromatic N) is 2. The summed E-state index contributed by atoms with van der Waals surface area (Å²) in [4.78, 5) is 9.55. The number of hydrogen-bond acceptors (Lipinski definition) is 4. The first-order chi connectivity index (χ1) is 9.90. The molecule has 112 valence electrons. The molecule has 0 saturated heterocycles. The zero-order valence-corrected chi connectivity index (χ0v) is 13.5. The molecule has 1 N–H and O–H groups in total. The van der Waals surface area contributed by atoms with Gasteiger partial charge in [-0.15, -0.1) is 0 Å². The maximum absolute atomic E-state index is 12.0. The maximum atomic E-state index is 12.0. The molecule has 0 aliphatic heterocycles. The van der Waals surface area contributed by atoms with Gasteiger partial charge in [-0.3, -0.25) is 9.19 Å². The quantitative estimate of drug-likeness (QED) is 0.943. The Kier molecular flexibility index (Phi) is 4.85. The van der Waals surface area contributed by atoms with Gasteiger partial charge in [-0.25, -0.2) is 4.98 Å². The van der Waals surface area contributed by atoms with E-state index in [0.29, 0.717) is 11.4 Å². The standard InChI is InChI=1S/C16H20N2O2S/c1-10(2)21(20)14-7-5-13(6-8-14)15-9-17-11(3)16(18-15)12(4)19/h5-10,12,19H,1-4H3. The first-order valence-corrected chi connectivity index (χ1v) is 8.14. The Bertz CT molecular complexity index is 652. The zero-order chi connectivity index (χ0) is 15.6. The molecular weight excluding hydrogens is 284 g/mol. The van der Waals surface area contributed by atoms with Gasteiger partial charge in [-0.05, 0) is 26.0 Å². The van der Waals surface area contributed by atoms with Gasteiger partial charge in [0.25, 0.3) is 0 Å². The SMILES string of the molecule is Cc1ncc(-c2ccc(S(=O)C(C)C)cc2)nc1C(C)O. The molecule has 1 aromatic heterocycles. The maximum Gasteiger partial charge on any atom is 0.0950 e. The number of aromatic nitrogens is 2. The van der Waals surface area contributed by atoms with Crippen LogP contribution in [0.2, 0.25) is 0 Å². The van der Waals surface area contributed by atoms with Crippen LogP contribution in [0.3, 0.4) is 0 Å². The molecule has 5 heteroatoms. The second kappa shape index (κ2) is 6.45. The van der Waals surface area contributed by atoms with Crippen LogP contribution in [0.5, 0.6) is 0 Å². The van der Waals surface area contributed by atoms with Gasteiger partial charge >= 0.3 is 0 Å². The minimum Gasteiger partial charge on any atom is -0.387 e. The van der Waals surface area contributed by atoms with E-state index in [1.165, 1.54) is 0 Å². The van der Waals surface area contributed by atoms with Crippen molar-refractivity contribution in [1.29, 1.82) is 0 Å². The highest BCUT2D eigenvalue weighted by molar-refractivity contribution is 7.85. The molecule has 4 nitrogen and oxygen atoms in total. The van der Waals surface area contributed by atoms with Gasteiger partial charge in [0.1, 0.15) is 0 Å². The van der Waals surface area contributed by atoms with Crippen LogP contribution < -0.4 is 0 Å². The lowest BCUT2D eigenvalue weighted by Crippen LogP contribution is -2.05. The summed E-state index contributed by atoms with van der Waals surface area (Å²) in [5.41, 5.74) is 2.92. The summed E-state index contributed by atoms with van der Waals surface area (Å²) >= 11 is 0. The molecule has 1 aromatic carbocycles. The highest BCUT2D eigenvalue weighted by atomic mass is 32.2. The third-order valence-corrected chi connectivity index (χ3v) is 4.79. The van der Waals surface area contributed by atoms with E-state index in [2.05, 4.69) is 9.97 Å². The molecule has 1 heterocycles. The summed E-state index contributed by atoms with van der Waals surface area (Å²) in [7, 11) is -0.991. The molecule has 0 radical (unpaired) electrons. The van der Waals surface area contributed by atoms with Crippen molar-refractivity contribution < 1.29 is 9.32 Å². The van der Waals surface area contributed by atoms with Crippen LogP contribution in [0.4, 0.5) is 0 Å². The van der Waals surface area contributed by atoms with Crippen LogP contribution in [0, 0.1) is 6.92 Å². The predicted octanol–water partition coefficient (Wildman–Crippen LogP) is 3.02. The Morgan fingerprint density at radius 2 is 1.76 bits per heavy atom. The van der Waals surface area contributed by atoms with Gasteiger partial charge in [0.15, 0.2) is 0 Å². The van der Waals surface area contributed by atoms with Crippen LogP contribution in [0.25, 0.3) is 11.3 Å². The smallest absolute Gasteiger partial charge is 0.0950 e. The van der Waals surface area contributed by atoms with Gasteiger partial charge < -0.3 is 5.11 Å². The number of aliphatic hydroxyl groups is 1. The summed E-state index contributed by atoms with van der Waals surface area (Å²) < 4.78 is 12.0. The molecule has 0 saturated carbocycles. The fourth-order valence-corrected chi connectivity index (χ4v) is 2.98. The highest BCUT2D eigenvalue weighted by Crippen LogP contribution is 2.22. The fourth-order valence-electron chi connectivity index (χ4n) is 2.03. The van der Waals surface area contributed by atoms with Crippen molar-refractivity contribution in [2.45, 2.75) is 43.9 Å². The second-order valence-electron chi connectivity index (χ2n) is 5.27. The third kappa shape index (κ3) is 3.54. The van der Waals surface area contributed by atoms with Crippen LogP contribution in [-0.4, -0.2) is 24.5 Å². The lowest BCUT2D eigenvalue weighted by molar-refractivity contribution is 0.193. The number of rotatable bonds is 4. The summed E-state index contributed by atoms with van der Waals surface area (Å²) in [6.45, 7) is 7.37. The van der Waals surface area contributed by atoms with Crippen LogP contribution >= 0.6 is 0 Å². The topological polar surface area (TPSA) is 63.1 Å².